The van der Waals surface area contributed by atoms with Crippen LogP contribution in [-0.2, 0) is 17.9 Å². The summed E-state index contributed by atoms with van der Waals surface area (Å²) >= 11 is 2.33. The Morgan fingerprint density at radius 3 is 2.35 bits per heavy atom. The van der Waals surface area contributed by atoms with Gasteiger partial charge in [-0.05, 0) is 58.3 Å². The molecule has 0 fully saturated rings. The van der Waals surface area contributed by atoms with Crippen molar-refractivity contribution in [3.63, 3.8) is 0 Å². The second-order valence-corrected chi connectivity index (χ2v) is 6.10. The Morgan fingerprint density at radius 2 is 1.70 bits per heavy atom. The average molecular weight is 381 g/mol. The lowest BCUT2D eigenvalue weighted by molar-refractivity contribution is 0.184. The standard InChI is InChI=1S/C17H20INO/c1-13(14-7-9-17(18)10-8-14)19-11-15-5-3-4-6-16(15)12-20-2/h3-10,13,19H,11-12H2,1-2H3. The summed E-state index contributed by atoms with van der Waals surface area (Å²) in [5, 5.41) is 3.58. The van der Waals surface area contributed by atoms with Crippen LogP contribution in [-0.4, -0.2) is 7.11 Å². The van der Waals surface area contributed by atoms with Gasteiger partial charge in [0.2, 0.25) is 0 Å². The van der Waals surface area contributed by atoms with Gasteiger partial charge in [-0.3, -0.25) is 0 Å². The SMILES string of the molecule is COCc1ccccc1CNC(C)c1ccc(I)cc1. The molecule has 3 heteroatoms. The largest absolute Gasteiger partial charge is 0.380 e. The lowest BCUT2D eigenvalue weighted by Gasteiger charge is -2.16. The third-order valence-electron chi connectivity index (χ3n) is 3.39. The van der Waals surface area contributed by atoms with Gasteiger partial charge < -0.3 is 10.1 Å². The van der Waals surface area contributed by atoms with Crippen molar-refractivity contribution in [1.82, 2.24) is 5.32 Å². The summed E-state index contributed by atoms with van der Waals surface area (Å²) in [7, 11) is 1.73. The molecule has 0 spiro atoms. The second-order valence-electron chi connectivity index (χ2n) is 4.86. The molecular formula is C17H20INO. The van der Waals surface area contributed by atoms with Gasteiger partial charge in [-0.2, -0.15) is 0 Å². The van der Waals surface area contributed by atoms with Crippen LogP contribution in [0.5, 0.6) is 0 Å². The van der Waals surface area contributed by atoms with Crippen LogP contribution in [0.3, 0.4) is 0 Å². The van der Waals surface area contributed by atoms with Gasteiger partial charge in [-0.1, -0.05) is 36.4 Å². The first-order valence-electron chi connectivity index (χ1n) is 6.75. The molecule has 106 valence electrons. The van der Waals surface area contributed by atoms with Crippen molar-refractivity contribution in [2.45, 2.75) is 26.1 Å². The van der Waals surface area contributed by atoms with Gasteiger partial charge in [0.25, 0.3) is 0 Å². The molecule has 0 aliphatic heterocycles. The zero-order valence-electron chi connectivity index (χ0n) is 11.9. The van der Waals surface area contributed by atoms with Crippen molar-refractivity contribution < 1.29 is 4.74 Å². The maximum absolute atomic E-state index is 5.24. The Kier molecular flexibility index (Phi) is 6.01. The summed E-state index contributed by atoms with van der Waals surface area (Å²) in [6, 6.07) is 17.4. The molecule has 2 aromatic rings. The first kappa shape index (κ1) is 15.5. The van der Waals surface area contributed by atoms with E-state index in [4.69, 9.17) is 4.74 Å². The lowest BCUT2D eigenvalue weighted by atomic mass is 10.1. The van der Waals surface area contributed by atoms with Crippen molar-refractivity contribution in [3.05, 3.63) is 68.8 Å². The summed E-state index contributed by atoms with van der Waals surface area (Å²) in [6.45, 7) is 3.71. The summed E-state index contributed by atoms with van der Waals surface area (Å²) < 4.78 is 6.51. The molecule has 1 N–H and O–H groups in total. The summed E-state index contributed by atoms with van der Waals surface area (Å²) in [5.41, 5.74) is 3.86. The van der Waals surface area contributed by atoms with Crippen LogP contribution in [0, 0.1) is 3.57 Å². The molecule has 0 aromatic heterocycles. The molecule has 20 heavy (non-hydrogen) atoms. The van der Waals surface area contributed by atoms with Crippen LogP contribution in [0.15, 0.2) is 48.5 Å². The predicted octanol–water partition coefficient (Wildman–Crippen LogP) is 4.29. The van der Waals surface area contributed by atoms with Crippen LogP contribution in [0.2, 0.25) is 0 Å². The van der Waals surface area contributed by atoms with Crippen molar-refractivity contribution in [1.29, 1.82) is 0 Å². The molecule has 1 unspecified atom stereocenters. The number of nitrogens with one attached hydrogen (secondary N) is 1. The van der Waals surface area contributed by atoms with E-state index < -0.39 is 0 Å². The molecule has 0 heterocycles. The number of halogens is 1. The quantitative estimate of drug-likeness (QED) is 0.754. The van der Waals surface area contributed by atoms with Crippen LogP contribution in [0.4, 0.5) is 0 Å². The molecule has 0 bridgehead atoms. The van der Waals surface area contributed by atoms with E-state index in [-0.39, 0.29) is 0 Å². The maximum Gasteiger partial charge on any atom is 0.0716 e. The second kappa shape index (κ2) is 7.76. The highest BCUT2D eigenvalue weighted by Gasteiger charge is 2.06. The highest BCUT2D eigenvalue weighted by molar-refractivity contribution is 14.1. The van der Waals surface area contributed by atoms with Gasteiger partial charge >= 0.3 is 0 Å². The third kappa shape index (κ3) is 4.30. The molecule has 0 saturated carbocycles. The normalized spacial score (nSPS) is 12.3. The van der Waals surface area contributed by atoms with Crippen LogP contribution < -0.4 is 5.32 Å². The number of benzene rings is 2. The topological polar surface area (TPSA) is 21.3 Å². The highest BCUT2D eigenvalue weighted by Crippen LogP contribution is 2.16. The Bertz CT molecular complexity index is 539. The summed E-state index contributed by atoms with van der Waals surface area (Å²) in [6.07, 6.45) is 0. The van der Waals surface area contributed by atoms with E-state index in [9.17, 15) is 0 Å². The van der Waals surface area contributed by atoms with E-state index in [0.29, 0.717) is 12.6 Å². The first-order chi connectivity index (χ1) is 9.70. The molecule has 2 nitrogen and oxygen atoms in total. The van der Waals surface area contributed by atoms with E-state index in [1.54, 1.807) is 7.11 Å². The maximum atomic E-state index is 5.24. The Labute approximate surface area is 134 Å². The van der Waals surface area contributed by atoms with E-state index in [0.717, 1.165) is 6.54 Å². The molecule has 0 radical (unpaired) electrons. The zero-order valence-corrected chi connectivity index (χ0v) is 14.1. The molecule has 2 rings (SSSR count). The minimum Gasteiger partial charge on any atom is -0.380 e. The minimum absolute atomic E-state index is 0.336. The van der Waals surface area contributed by atoms with Crippen molar-refractivity contribution in [2.24, 2.45) is 0 Å². The van der Waals surface area contributed by atoms with Gasteiger partial charge in [0.15, 0.2) is 0 Å². The first-order valence-corrected chi connectivity index (χ1v) is 7.83. The summed E-state index contributed by atoms with van der Waals surface area (Å²) in [4.78, 5) is 0. The van der Waals surface area contributed by atoms with E-state index >= 15 is 0 Å². The van der Waals surface area contributed by atoms with Gasteiger partial charge in [0.05, 0.1) is 6.61 Å². The van der Waals surface area contributed by atoms with Crippen molar-refractivity contribution in [2.75, 3.05) is 7.11 Å². The van der Waals surface area contributed by atoms with Crippen molar-refractivity contribution >= 4 is 22.6 Å². The molecule has 0 amide bonds. The number of hydrogen-bond acceptors (Lipinski definition) is 2. The number of rotatable bonds is 6. The molecule has 0 aliphatic carbocycles. The van der Waals surface area contributed by atoms with E-state index in [1.165, 1.54) is 20.3 Å². The molecule has 2 aromatic carbocycles. The van der Waals surface area contributed by atoms with Crippen LogP contribution >= 0.6 is 22.6 Å². The summed E-state index contributed by atoms with van der Waals surface area (Å²) in [5.74, 6) is 0. The van der Waals surface area contributed by atoms with Gasteiger partial charge in [-0.25, -0.2) is 0 Å². The Balaban J connectivity index is 1.99. The third-order valence-corrected chi connectivity index (χ3v) is 4.11. The zero-order chi connectivity index (χ0) is 14.4. The highest BCUT2D eigenvalue weighted by atomic mass is 127. The van der Waals surface area contributed by atoms with Crippen LogP contribution in [0.25, 0.3) is 0 Å². The molecule has 0 saturated heterocycles. The fourth-order valence-electron chi connectivity index (χ4n) is 2.16. The fraction of sp³-hybridized carbons (Fsp3) is 0.294. The van der Waals surface area contributed by atoms with Crippen LogP contribution in [0.1, 0.15) is 29.7 Å². The van der Waals surface area contributed by atoms with Gasteiger partial charge in [0, 0.05) is 23.3 Å². The average Bonchev–Trinajstić information content (AvgIpc) is 2.47. The monoisotopic (exact) mass is 381 g/mol. The van der Waals surface area contributed by atoms with Crippen molar-refractivity contribution in [3.8, 4) is 0 Å². The van der Waals surface area contributed by atoms with E-state index in [1.807, 2.05) is 0 Å². The Morgan fingerprint density at radius 1 is 1.05 bits per heavy atom. The van der Waals surface area contributed by atoms with Gasteiger partial charge in [0.1, 0.15) is 0 Å². The predicted molar refractivity (Wildman–Crippen MR) is 91.6 cm³/mol. The molecule has 0 aliphatic rings. The minimum atomic E-state index is 0.336. The van der Waals surface area contributed by atoms with Gasteiger partial charge in [-0.15, -0.1) is 0 Å². The molecular weight excluding hydrogens is 361 g/mol. The van der Waals surface area contributed by atoms with E-state index in [2.05, 4.69) is 83.4 Å². The molecule has 1 atom stereocenters. The fourth-order valence-corrected chi connectivity index (χ4v) is 2.52. The lowest BCUT2D eigenvalue weighted by Crippen LogP contribution is -2.19. The number of hydrogen-bond donors (Lipinski definition) is 1. The number of methoxy groups -OCH3 is 1. The smallest absolute Gasteiger partial charge is 0.0716 e. The Hall–Kier alpha value is -0.910. The number of ether oxygens (including phenoxy) is 1.